The predicted molar refractivity (Wildman–Crippen MR) is 126 cm³/mol. The van der Waals surface area contributed by atoms with E-state index < -0.39 is 12.0 Å². The molecule has 1 aliphatic heterocycles. The number of H-pyrrole nitrogens is 1. The lowest BCUT2D eigenvalue weighted by molar-refractivity contribution is -0.144. The first kappa shape index (κ1) is 22.8. The van der Waals surface area contributed by atoms with E-state index in [1.54, 1.807) is 6.20 Å². The number of carboxylic acid groups (broad SMARTS) is 1. The van der Waals surface area contributed by atoms with E-state index in [4.69, 9.17) is 4.74 Å². The predicted octanol–water partition coefficient (Wildman–Crippen LogP) is 2.63. The van der Waals surface area contributed by atoms with Crippen LogP contribution < -0.4 is 10.1 Å². The van der Waals surface area contributed by atoms with Crippen LogP contribution in [0.4, 0.5) is 0 Å². The maximum Gasteiger partial charge on any atom is 0.325 e. The molecule has 2 heterocycles. The Morgan fingerprint density at radius 1 is 1.12 bits per heavy atom. The second-order valence-corrected chi connectivity index (χ2v) is 8.23. The standard InChI is InChI=1S/C25H30N4O4/c1-2-26-23(30)16-28-10-12-29(13-11-28)24(25(31)32)21-15-27-22-14-19(8-9-20(21)22)33-17-18-6-4-3-5-7-18/h3-9,14-15,24,27H,2,10-13,16-17H2,1H3,(H,26,30)(H,31,32)/t24-/m1/s1. The van der Waals surface area contributed by atoms with Gasteiger partial charge in [0.25, 0.3) is 0 Å². The zero-order valence-electron chi connectivity index (χ0n) is 18.8. The lowest BCUT2D eigenvalue weighted by Crippen LogP contribution is -2.51. The fraction of sp³-hybridized carbons (Fsp3) is 0.360. The molecule has 0 bridgehead atoms. The fourth-order valence-electron chi connectivity index (χ4n) is 4.31. The van der Waals surface area contributed by atoms with Crippen molar-refractivity contribution >= 4 is 22.8 Å². The number of carbonyl (C=O) groups is 2. The molecule has 1 aromatic heterocycles. The topological polar surface area (TPSA) is 97.9 Å². The first-order chi connectivity index (χ1) is 16.0. The maximum atomic E-state index is 12.3. The van der Waals surface area contributed by atoms with Crippen molar-refractivity contribution in [3.05, 3.63) is 65.9 Å². The molecule has 0 aliphatic carbocycles. The van der Waals surface area contributed by atoms with E-state index >= 15 is 0 Å². The molecule has 33 heavy (non-hydrogen) atoms. The Bertz CT molecular complexity index is 1090. The van der Waals surface area contributed by atoms with Gasteiger partial charge in [-0.3, -0.25) is 19.4 Å². The van der Waals surface area contributed by atoms with Crippen LogP contribution in [0.15, 0.2) is 54.7 Å². The number of benzene rings is 2. The number of fused-ring (bicyclic) bond motifs is 1. The van der Waals surface area contributed by atoms with Crippen LogP contribution in [-0.2, 0) is 16.2 Å². The SMILES string of the molecule is CCNC(=O)CN1CCN([C@@H](C(=O)O)c2c[nH]c3cc(OCc4ccccc4)ccc23)CC1. The van der Waals surface area contributed by atoms with Gasteiger partial charge in [0.2, 0.25) is 5.91 Å². The van der Waals surface area contributed by atoms with Gasteiger partial charge in [-0.25, -0.2) is 0 Å². The monoisotopic (exact) mass is 450 g/mol. The van der Waals surface area contributed by atoms with E-state index in [2.05, 4.69) is 15.2 Å². The normalized spacial score (nSPS) is 15.9. The fourth-order valence-corrected chi connectivity index (χ4v) is 4.31. The zero-order chi connectivity index (χ0) is 23.2. The van der Waals surface area contributed by atoms with Crippen LogP contribution in [0.25, 0.3) is 10.9 Å². The highest BCUT2D eigenvalue weighted by Crippen LogP contribution is 2.31. The molecule has 0 radical (unpaired) electrons. The van der Waals surface area contributed by atoms with Crippen LogP contribution in [-0.4, -0.2) is 71.0 Å². The average molecular weight is 451 g/mol. The molecule has 1 fully saturated rings. The molecule has 0 unspecified atom stereocenters. The molecule has 3 aromatic rings. The van der Waals surface area contributed by atoms with Crippen LogP contribution in [0.5, 0.6) is 5.75 Å². The molecule has 3 N–H and O–H groups in total. The summed E-state index contributed by atoms with van der Waals surface area (Å²) in [6, 6.07) is 14.9. The second kappa shape index (κ2) is 10.5. The van der Waals surface area contributed by atoms with E-state index in [0.717, 1.165) is 27.8 Å². The second-order valence-electron chi connectivity index (χ2n) is 8.23. The summed E-state index contributed by atoms with van der Waals surface area (Å²) in [7, 11) is 0. The molecule has 1 saturated heterocycles. The number of aromatic nitrogens is 1. The summed E-state index contributed by atoms with van der Waals surface area (Å²) in [5.41, 5.74) is 2.67. The molecular formula is C25H30N4O4. The smallest absolute Gasteiger partial charge is 0.325 e. The number of aromatic amines is 1. The average Bonchev–Trinajstić information content (AvgIpc) is 3.22. The van der Waals surface area contributed by atoms with Crippen molar-refractivity contribution in [2.75, 3.05) is 39.3 Å². The highest BCUT2D eigenvalue weighted by atomic mass is 16.5. The largest absolute Gasteiger partial charge is 0.489 e. The summed E-state index contributed by atoms with van der Waals surface area (Å²) < 4.78 is 5.91. The number of carbonyl (C=O) groups excluding carboxylic acids is 1. The minimum Gasteiger partial charge on any atom is -0.489 e. The Balaban J connectivity index is 1.44. The number of likely N-dealkylation sites (N-methyl/N-ethyl adjacent to an activating group) is 1. The van der Waals surface area contributed by atoms with Gasteiger partial charge in [0.05, 0.1) is 6.54 Å². The summed E-state index contributed by atoms with van der Waals surface area (Å²) in [4.78, 5) is 31.4. The number of nitrogens with one attached hydrogen (secondary N) is 2. The van der Waals surface area contributed by atoms with Gasteiger partial charge in [0.15, 0.2) is 0 Å². The molecule has 1 atom stereocenters. The number of amides is 1. The number of rotatable bonds is 9. The van der Waals surface area contributed by atoms with Gasteiger partial charge in [-0.05, 0) is 24.6 Å². The van der Waals surface area contributed by atoms with Gasteiger partial charge < -0.3 is 20.1 Å². The third-order valence-electron chi connectivity index (χ3n) is 5.98. The Kier molecular flexibility index (Phi) is 7.26. The summed E-state index contributed by atoms with van der Waals surface area (Å²) in [5, 5.41) is 13.7. The molecule has 4 rings (SSSR count). The van der Waals surface area contributed by atoms with Crippen molar-refractivity contribution in [1.82, 2.24) is 20.1 Å². The molecule has 8 nitrogen and oxygen atoms in total. The number of piperazine rings is 1. The summed E-state index contributed by atoms with van der Waals surface area (Å²) in [5.74, 6) is -0.147. The minimum atomic E-state index is -0.877. The highest BCUT2D eigenvalue weighted by Gasteiger charge is 2.32. The van der Waals surface area contributed by atoms with Gasteiger partial charge in [-0.2, -0.15) is 0 Å². The first-order valence-corrected chi connectivity index (χ1v) is 11.3. The first-order valence-electron chi connectivity index (χ1n) is 11.3. The molecule has 8 heteroatoms. The Morgan fingerprint density at radius 3 is 2.58 bits per heavy atom. The molecule has 1 aliphatic rings. The number of aliphatic carboxylic acids is 1. The van der Waals surface area contributed by atoms with Crippen molar-refractivity contribution in [1.29, 1.82) is 0 Å². The van der Waals surface area contributed by atoms with Crippen LogP contribution in [0.3, 0.4) is 0 Å². The molecule has 0 saturated carbocycles. The Labute approximate surface area is 193 Å². The molecule has 174 valence electrons. The van der Waals surface area contributed by atoms with E-state index in [9.17, 15) is 14.7 Å². The summed E-state index contributed by atoms with van der Waals surface area (Å²) >= 11 is 0. The zero-order valence-corrected chi connectivity index (χ0v) is 18.8. The van der Waals surface area contributed by atoms with Crippen LogP contribution >= 0.6 is 0 Å². The van der Waals surface area contributed by atoms with Gasteiger partial charge in [0.1, 0.15) is 18.4 Å². The molecule has 2 aromatic carbocycles. The van der Waals surface area contributed by atoms with E-state index in [-0.39, 0.29) is 5.91 Å². The van der Waals surface area contributed by atoms with Crippen LogP contribution in [0.1, 0.15) is 24.1 Å². The van der Waals surface area contributed by atoms with Crippen molar-refractivity contribution in [3.63, 3.8) is 0 Å². The summed E-state index contributed by atoms with van der Waals surface area (Å²) in [6.07, 6.45) is 1.78. The van der Waals surface area contributed by atoms with Crippen molar-refractivity contribution in [3.8, 4) is 5.75 Å². The van der Waals surface area contributed by atoms with Gasteiger partial charge in [-0.1, -0.05) is 30.3 Å². The number of nitrogens with zero attached hydrogens (tertiary/aromatic N) is 2. The lowest BCUT2D eigenvalue weighted by atomic mass is 10.0. The maximum absolute atomic E-state index is 12.3. The summed E-state index contributed by atoms with van der Waals surface area (Å²) in [6.45, 7) is 5.80. The third kappa shape index (κ3) is 5.53. The Morgan fingerprint density at radius 2 is 1.88 bits per heavy atom. The number of hydrogen-bond acceptors (Lipinski definition) is 5. The van der Waals surface area contributed by atoms with Crippen molar-refractivity contribution < 1.29 is 19.4 Å². The quantitative estimate of drug-likeness (QED) is 0.464. The van der Waals surface area contributed by atoms with Crippen LogP contribution in [0, 0.1) is 0 Å². The lowest BCUT2D eigenvalue weighted by Gasteiger charge is -2.37. The van der Waals surface area contributed by atoms with Crippen molar-refractivity contribution in [2.45, 2.75) is 19.6 Å². The van der Waals surface area contributed by atoms with E-state index in [0.29, 0.717) is 45.9 Å². The van der Waals surface area contributed by atoms with Gasteiger partial charge in [0, 0.05) is 61.5 Å². The minimum absolute atomic E-state index is 0.00245. The molecular weight excluding hydrogens is 420 g/mol. The highest BCUT2D eigenvalue weighted by molar-refractivity contribution is 5.90. The van der Waals surface area contributed by atoms with E-state index in [1.807, 2.05) is 60.4 Å². The van der Waals surface area contributed by atoms with Crippen LogP contribution in [0.2, 0.25) is 0 Å². The molecule has 0 spiro atoms. The number of ether oxygens (including phenoxy) is 1. The third-order valence-corrected chi connectivity index (χ3v) is 5.98. The van der Waals surface area contributed by atoms with Gasteiger partial charge >= 0.3 is 5.97 Å². The number of hydrogen-bond donors (Lipinski definition) is 3. The molecule has 1 amide bonds. The Hall–Kier alpha value is -3.36. The van der Waals surface area contributed by atoms with E-state index in [1.165, 1.54) is 0 Å². The van der Waals surface area contributed by atoms with Gasteiger partial charge in [-0.15, -0.1) is 0 Å². The van der Waals surface area contributed by atoms with Crippen molar-refractivity contribution in [2.24, 2.45) is 0 Å². The number of carboxylic acids is 1.